The molecule has 1 unspecified atom stereocenters. The lowest BCUT2D eigenvalue weighted by atomic mass is 10.1. The fourth-order valence-corrected chi connectivity index (χ4v) is 2.38. The Hall–Kier alpha value is -2.54. The van der Waals surface area contributed by atoms with E-state index in [1.54, 1.807) is 0 Å². The van der Waals surface area contributed by atoms with Crippen molar-refractivity contribution in [3.63, 3.8) is 0 Å². The molecule has 0 amide bonds. The van der Waals surface area contributed by atoms with Crippen LogP contribution in [0.2, 0.25) is 0 Å². The van der Waals surface area contributed by atoms with E-state index in [-0.39, 0.29) is 6.10 Å². The fourth-order valence-electron chi connectivity index (χ4n) is 2.38. The van der Waals surface area contributed by atoms with Crippen LogP contribution >= 0.6 is 0 Å². The molecule has 21 heavy (non-hydrogen) atoms. The highest BCUT2D eigenvalue weighted by Crippen LogP contribution is 2.27. The van der Waals surface area contributed by atoms with E-state index in [1.165, 1.54) is 16.7 Å². The SMILES string of the molecule is CC(Oc1cccc(-c2ccccc2)c1)c1ccccc1. The van der Waals surface area contributed by atoms with Crippen LogP contribution in [0.25, 0.3) is 11.1 Å². The summed E-state index contributed by atoms with van der Waals surface area (Å²) in [5, 5.41) is 0. The Balaban J connectivity index is 1.81. The minimum absolute atomic E-state index is 0.0391. The van der Waals surface area contributed by atoms with Crippen LogP contribution in [0.4, 0.5) is 0 Å². The van der Waals surface area contributed by atoms with E-state index in [0.29, 0.717) is 0 Å². The van der Waals surface area contributed by atoms with Gasteiger partial charge in [0.25, 0.3) is 0 Å². The van der Waals surface area contributed by atoms with Gasteiger partial charge >= 0.3 is 0 Å². The van der Waals surface area contributed by atoms with Crippen LogP contribution in [0, 0.1) is 0 Å². The fraction of sp³-hybridized carbons (Fsp3) is 0.100. The van der Waals surface area contributed by atoms with Crippen molar-refractivity contribution in [2.45, 2.75) is 13.0 Å². The second kappa shape index (κ2) is 6.27. The van der Waals surface area contributed by atoms with Crippen LogP contribution in [-0.4, -0.2) is 0 Å². The first-order chi connectivity index (χ1) is 10.3. The number of rotatable bonds is 4. The summed E-state index contributed by atoms with van der Waals surface area (Å²) in [5.41, 5.74) is 3.56. The Bertz CT molecular complexity index is 689. The van der Waals surface area contributed by atoms with Crippen molar-refractivity contribution in [1.82, 2.24) is 0 Å². The van der Waals surface area contributed by atoms with Gasteiger partial charge in [0.1, 0.15) is 11.9 Å². The van der Waals surface area contributed by atoms with E-state index < -0.39 is 0 Å². The Kier molecular flexibility index (Phi) is 4.02. The van der Waals surface area contributed by atoms with Gasteiger partial charge in [0, 0.05) is 0 Å². The predicted octanol–water partition coefficient (Wildman–Crippen LogP) is 5.49. The maximum atomic E-state index is 6.06. The Morgan fingerprint density at radius 2 is 1.29 bits per heavy atom. The van der Waals surface area contributed by atoms with Crippen LogP contribution < -0.4 is 4.74 Å². The molecule has 0 fully saturated rings. The molecule has 1 heteroatoms. The molecule has 3 rings (SSSR count). The van der Waals surface area contributed by atoms with Crippen molar-refractivity contribution in [2.75, 3.05) is 0 Å². The third-order valence-corrected chi connectivity index (χ3v) is 3.52. The van der Waals surface area contributed by atoms with Crippen LogP contribution in [-0.2, 0) is 0 Å². The van der Waals surface area contributed by atoms with Crippen LogP contribution in [0.15, 0.2) is 84.9 Å². The van der Waals surface area contributed by atoms with Gasteiger partial charge in [-0.25, -0.2) is 0 Å². The van der Waals surface area contributed by atoms with E-state index >= 15 is 0 Å². The molecule has 0 spiro atoms. The molecule has 0 radical (unpaired) electrons. The van der Waals surface area contributed by atoms with Crippen LogP contribution in [0.1, 0.15) is 18.6 Å². The molecule has 104 valence electrons. The van der Waals surface area contributed by atoms with Crippen molar-refractivity contribution in [1.29, 1.82) is 0 Å². The Labute approximate surface area is 125 Å². The molecule has 0 aliphatic rings. The Morgan fingerprint density at radius 1 is 0.667 bits per heavy atom. The third kappa shape index (κ3) is 3.32. The van der Waals surface area contributed by atoms with Gasteiger partial charge in [0.2, 0.25) is 0 Å². The normalized spacial score (nSPS) is 11.9. The van der Waals surface area contributed by atoms with E-state index in [4.69, 9.17) is 4.74 Å². The summed E-state index contributed by atoms with van der Waals surface area (Å²) >= 11 is 0. The molecule has 0 aromatic heterocycles. The second-order valence-corrected chi connectivity index (χ2v) is 5.06. The second-order valence-electron chi connectivity index (χ2n) is 5.06. The lowest BCUT2D eigenvalue weighted by Crippen LogP contribution is -2.02. The zero-order valence-corrected chi connectivity index (χ0v) is 12.1. The highest BCUT2D eigenvalue weighted by atomic mass is 16.5. The minimum atomic E-state index is 0.0391. The van der Waals surface area contributed by atoms with Gasteiger partial charge in [0.15, 0.2) is 0 Å². The standard InChI is InChI=1S/C20H18O/c1-16(17-9-4-2-5-10-17)21-20-14-8-13-19(15-20)18-11-6-3-7-12-18/h2-16H,1H3. The maximum absolute atomic E-state index is 6.06. The van der Waals surface area contributed by atoms with Crippen molar-refractivity contribution >= 4 is 0 Å². The minimum Gasteiger partial charge on any atom is -0.486 e. The number of benzene rings is 3. The molecule has 3 aromatic rings. The summed E-state index contributed by atoms with van der Waals surface area (Å²) in [4.78, 5) is 0. The average molecular weight is 274 g/mol. The zero-order valence-electron chi connectivity index (χ0n) is 12.1. The summed E-state index contributed by atoms with van der Waals surface area (Å²) in [6.45, 7) is 2.07. The summed E-state index contributed by atoms with van der Waals surface area (Å²) < 4.78 is 6.06. The molecule has 0 N–H and O–H groups in total. The summed E-state index contributed by atoms with van der Waals surface area (Å²) in [6.07, 6.45) is 0.0391. The number of ether oxygens (including phenoxy) is 1. The van der Waals surface area contributed by atoms with Crippen LogP contribution in [0.3, 0.4) is 0 Å². The molecule has 1 nitrogen and oxygen atoms in total. The van der Waals surface area contributed by atoms with Gasteiger partial charge < -0.3 is 4.74 Å². The summed E-state index contributed by atoms with van der Waals surface area (Å²) in [6, 6.07) is 28.9. The molecule has 1 atom stereocenters. The number of hydrogen-bond acceptors (Lipinski definition) is 1. The predicted molar refractivity (Wildman–Crippen MR) is 87.4 cm³/mol. The van der Waals surface area contributed by atoms with Crippen molar-refractivity contribution in [3.8, 4) is 16.9 Å². The smallest absolute Gasteiger partial charge is 0.121 e. The van der Waals surface area contributed by atoms with E-state index in [2.05, 4.69) is 55.5 Å². The molecule has 0 saturated carbocycles. The first-order valence-electron chi connectivity index (χ1n) is 7.20. The highest BCUT2D eigenvalue weighted by Gasteiger charge is 2.07. The van der Waals surface area contributed by atoms with Gasteiger partial charge in [-0.1, -0.05) is 72.8 Å². The summed E-state index contributed by atoms with van der Waals surface area (Å²) in [7, 11) is 0. The van der Waals surface area contributed by atoms with Gasteiger partial charge in [-0.3, -0.25) is 0 Å². The van der Waals surface area contributed by atoms with Crippen LogP contribution in [0.5, 0.6) is 5.75 Å². The van der Waals surface area contributed by atoms with Gasteiger partial charge in [-0.05, 0) is 35.7 Å². The van der Waals surface area contributed by atoms with Gasteiger partial charge in [-0.15, -0.1) is 0 Å². The molecule has 0 bridgehead atoms. The molecular weight excluding hydrogens is 256 g/mol. The lowest BCUT2D eigenvalue weighted by molar-refractivity contribution is 0.227. The van der Waals surface area contributed by atoms with Gasteiger partial charge in [0.05, 0.1) is 0 Å². The molecular formula is C20H18O. The Morgan fingerprint density at radius 3 is 2.00 bits per heavy atom. The molecule has 0 aliphatic heterocycles. The lowest BCUT2D eigenvalue weighted by Gasteiger charge is -2.15. The third-order valence-electron chi connectivity index (χ3n) is 3.52. The largest absolute Gasteiger partial charge is 0.486 e. The van der Waals surface area contributed by atoms with E-state index in [0.717, 1.165) is 5.75 Å². The molecule has 3 aromatic carbocycles. The average Bonchev–Trinajstić information content (AvgIpc) is 2.57. The van der Waals surface area contributed by atoms with Crippen molar-refractivity contribution < 1.29 is 4.74 Å². The summed E-state index contributed by atoms with van der Waals surface area (Å²) in [5.74, 6) is 0.896. The van der Waals surface area contributed by atoms with Gasteiger partial charge in [-0.2, -0.15) is 0 Å². The first-order valence-corrected chi connectivity index (χ1v) is 7.20. The van der Waals surface area contributed by atoms with E-state index in [1.807, 2.05) is 36.4 Å². The molecule has 0 aliphatic carbocycles. The quantitative estimate of drug-likeness (QED) is 0.611. The monoisotopic (exact) mass is 274 g/mol. The maximum Gasteiger partial charge on any atom is 0.121 e. The highest BCUT2D eigenvalue weighted by molar-refractivity contribution is 5.64. The number of hydrogen-bond donors (Lipinski definition) is 0. The topological polar surface area (TPSA) is 9.23 Å². The molecule has 0 saturated heterocycles. The first kappa shape index (κ1) is 13.4. The zero-order chi connectivity index (χ0) is 14.5. The van der Waals surface area contributed by atoms with Crippen molar-refractivity contribution in [2.24, 2.45) is 0 Å². The van der Waals surface area contributed by atoms with E-state index in [9.17, 15) is 0 Å². The molecule has 0 heterocycles. The van der Waals surface area contributed by atoms with Crippen molar-refractivity contribution in [3.05, 3.63) is 90.5 Å².